The molecular formula is C21H24O4. The average molecular weight is 340 g/mol. The van der Waals surface area contributed by atoms with Crippen LogP contribution < -0.4 is 4.74 Å². The zero-order chi connectivity index (χ0) is 18.2. The van der Waals surface area contributed by atoms with Gasteiger partial charge in [-0.2, -0.15) is 0 Å². The van der Waals surface area contributed by atoms with E-state index in [0.717, 1.165) is 12.0 Å². The summed E-state index contributed by atoms with van der Waals surface area (Å²) in [5, 5.41) is 19.4. The highest BCUT2D eigenvalue weighted by molar-refractivity contribution is 5.71. The van der Waals surface area contributed by atoms with Gasteiger partial charge in [0.1, 0.15) is 18.0 Å². The maximum absolute atomic E-state index is 11.2. The van der Waals surface area contributed by atoms with Gasteiger partial charge in [-0.3, -0.25) is 4.79 Å². The van der Waals surface area contributed by atoms with Crippen LogP contribution in [0.25, 0.3) is 0 Å². The van der Waals surface area contributed by atoms with Crippen LogP contribution in [-0.4, -0.2) is 28.4 Å². The van der Waals surface area contributed by atoms with Gasteiger partial charge >= 0.3 is 5.97 Å². The zero-order valence-electron chi connectivity index (χ0n) is 14.3. The Morgan fingerprint density at radius 2 is 1.72 bits per heavy atom. The summed E-state index contributed by atoms with van der Waals surface area (Å²) in [5.74, 6) is -1.38. The SMILES string of the molecule is C=CCC(C(=O)O)C(O)C(C)Oc1ccc(Cc2ccccc2)cc1. The molecule has 0 saturated heterocycles. The van der Waals surface area contributed by atoms with Crippen molar-refractivity contribution >= 4 is 5.97 Å². The van der Waals surface area contributed by atoms with Gasteiger partial charge in [-0.05, 0) is 43.0 Å². The lowest BCUT2D eigenvalue weighted by molar-refractivity contribution is -0.148. The second kappa shape index (κ2) is 9.04. The van der Waals surface area contributed by atoms with Gasteiger partial charge < -0.3 is 14.9 Å². The molecule has 2 aromatic rings. The van der Waals surface area contributed by atoms with Crippen molar-refractivity contribution < 1.29 is 19.7 Å². The lowest BCUT2D eigenvalue weighted by atomic mass is 9.95. The predicted octanol–water partition coefficient (Wildman–Crippen LogP) is 3.68. The fourth-order valence-electron chi connectivity index (χ4n) is 2.69. The van der Waals surface area contributed by atoms with E-state index in [2.05, 4.69) is 18.7 Å². The molecule has 2 rings (SSSR count). The minimum Gasteiger partial charge on any atom is -0.488 e. The molecule has 132 valence electrons. The number of hydrogen-bond acceptors (Lipinski definition) is 3. The van der Waals surface area contributed by atoms with Crippen molar-refractivity contribution in [1.82, 2.24) is 0 Å². The van der Waals surface area contributed by atoms with E-state index in [-0.39, 0.29) is 6.42 Å². The number of aliphatic hydroxyl groups excluding tert-OH is 1. The quantitative estimate of drug-likeness (QED) is 0.683. The van der Waals surface area contributed by atoms with Crippen molar-refractivity contribution in [2.24, 2.45) is 5.92 Å². The highest BCUT2D eigenvalue weighted by Gasteiger charge is 2.30. The van der Waals surface area contributed by atoms with E-state index in [9.17, 15) is 15.0 Å². The predicted molar refractivity (Wildman–Crippen MR) is 97.7 cm³/mol. The number of aliphatic hydroxyl groups is 1. The number of aliphatic carboxylic acids is 1. The van der Waals surface area contributed by atoms with E-state index >= 15 is 0 Å². The lowest BCUT2D eigenvalue weighted by Gasteiger charge is -2.25. The first kappa shape index (κ1) is 18.7. The highest BCUT2D eigenvalue weighted by Crippen LogP contribution is 2.20. The number of carboxylic acid groups (broad SMARTS) is 1. The molecule has 2 N–H and O–H groups in total. The third kappa shape index (κ3) is 5.47. The number of rotatable bonds is 9. The first-order valence-electron chi connectivity index (χ1n) is 8.32. The molecule has 0 bridgehead atoms. The zero-order valence-corrected chi connectivity index (χ0v) is 14.3. The summed E-state index contributed by atoms with van der Waals surface area (Å²) < 4.78 is 5.71. The second-order valence-corrected chi connectivity index (χ2v) is 6.09. The fraction of sp³-hybridized carbons (Fsp3) is 0.286. The summed E-state index contributed by atoms with van der Waals surface area (Å²) in [5.41, 5.74) is 2.38. The molecule has 2 aromatic carbocycles. The summed E-state index contributed by atoms with van der Waals surface area (Å²) in [7, 11) is 0. The van der Waals surface area contributed by atoms with Crippen LogP contribution in [0.4, 0.5) is 0 Å². The number of carboxylic acids is 1. The molecular weight excluding hydrogens is 316 g/mol. The smallest absolute Gasteiger partial charge is 0.309 e. The summed E-state index contributed by atoms with van der Waals surface area (Å²) in [4.78, 5) is 11.2. The molecule has 0 heterocycles. The first-order valence-corrected chi connectivity index (χ1v) is 8.32. The molecule has 0 saturated carbocycles. The highest BCUT2D eigenvalue weighted by atomic mass is 16.5. The Morgan fingerprint density at radius 1 is 1.12 bits per heavy atom. The Morgan fingerprint density at radius 3 is 2.28 bits per heavy atom. The van der Waals surface area contributed by atoms with Gasteiger partial charge in [0.05, 0.1) is 5.92 Å². The van der Waals surface area contributed by atoms with Crippen LogP contribution in [0.5, 0.6) is 5.75 Å². The van der Waals surface area contributed by atoms with E-state index in [0.29, 0.717) is 5.75 Å². The van der Waals surface area contributed by atoms with Crippen LogP contribution in [0.15, 0.2) is 67.3 Å². The van der Waals surface area contributed by atoms with Crippen LogP contribution in [0, 0.1) is 5.92 Å². The topological polar surface area (TPSA) is 66.8 Å². The van der Waals surface area contributed by atoms with Crippen molar-refractivity contribution in [3.8, 4) is 5.75 Å². The minimum absolute atomic E-state index is 0.195. The van der Waals surface area contributed by atoms with Gasteiger partial charge in [0, 0.05) is 0 Å². The van der Waals surface area contributed by atoms with E-state index in [1.54, 1.807) is 6.92 Å². The van der Waals surface area contributed by atoms with Crippen LogP contribution in [0.3, 0.4) is 0 Å². The van der Waals surface area contributed by atoms with E-state index in [4.69, 9.17) is 4.74 Å². The number of benzene rings is 2. The van der Waals surface area contributed by atoms with Crippen LogP contribution in [0.1, 0.15) is 24.5 Å². The average Bonchev–Trinajstić information content (AvgIpc) is 2.61. The third-order valence-electron chi connectivity index (χ3n) is 4.13. The molecule has 0 aromatic heterocycles. The maximum Gasteiger partial charge on any atom is 0.309 e. The minimum atomic E-state index is -1.11. The van der Waals surface area contributed by atoms with Gasteiger partial charge in [0.2, 0.25) is 0 Å². The normalized spacial score (nSPS) is 14.3. The van der Waals surface area contributed by atoms with Crippen molar-refractivity contribution in [3.63, 3.8) is 0 Å². The molecule has 0 spiro atoms. The monoisotopic (exact) mass is 340 g/mol. The van der Waals surface area contributed by atoms with Crippen molar-refractivity contribution in [2.75, 3.05) is 0 Å². The van der Waals surface area contributed by atoms with Gasteiger partial charge in [0.25, 0.3) is 0 Å². The number of allylic oxidation sites excluding steroid dienone is 1. The van der Waals surface area contributed by atoms with Crippen LogP contribution >= 0.6 is 0 Å². The van der Waals surface area contributed by atoms with E-state index in [1.807, 2.05) is 42.5 Å². The second-order valence-electron chi connectivity index (χ2n) is 6.09. The van der Waals surface area contributed by atoms with Gasteiger partial charge in [-0.15, -0.1) is 6.58 Å². The molecule has 4 nitrogen and oxygen atoms in total. The molecule has 3 unspecified atom stereocenters. The Balaban J connectivity index is 1.97. The molecule has 4 heteroatoms. The van der Waals surface area contributed by atoms with Crippen LogP contribution in [-0.2, 0) is 11.2 Å². The number of hydrogen-bond donors (Lipinski definition) is 2. The van der Waals surface area contributed by atoms with Crippen molar-refractivity contribution in [2.45, 2.75) is 32.0 Å². The number of carbonyl (C=O) groups is 1. The molecule has 0 fully saturated rings. The molecule has 0 aliphatic heterocycles. The third-order valence-corrected chi connectivity index (χ3v) is 4.13. The Hall–Kier alpha value is -2.59. The standard InChI is InChI=1S/C21H24O4/c1-3-7-19(21(23)24)20(22)15(2)25-18-12-10-17(11-13-18)14-16-8-5-4-6-9-16/h3-6,8-13,15,19-20,22H,1,7,14H2,2H3,(H,23,24). The Labute approximate surface area is 148 Å². The summed E-state index contributed by atoms with van der Waals surface area (Å²) in [6, 6.07) is 17.8. The molecule has 0 amide bonds. The number of ether oxygens (including phenoxy) is 1. The molecule has 0 radical (unpaired) electrons. The van der Waals surface area contributed by atoms with Crippen molar-refractivity contribution in [1.29, 1.82) is 0 Å². The lowest BCUT2D eigenvalue weighted by Crippen LogP contribution is -2.39. The summed E-state index contributed by atoms with van der Waals surface area (Å²) in [6.45, 7) is 5.21. The maximum atomic E-state index is 11.2. The largest absolute Gasteiger partial charge is 0.488 e. The Kier molecular flexibility index (Phi) is 6.78. The fourth-order valence-corrected chi connectivity index (χ4v) is 2.69. The van der Waals surface area contributed by atoms with Gasteiger partial charge in [-0.1, -0.05) is 48.5 Å². The molecule has 25 heavy (non-hydrogen) atoms. The Bertz CT molecular complexity index is 679. The summed E-state index contributed by atoms with van der Waals surface area (Å²) in [6.07, 6.45) is 0.771. The van der Waals surface area contributed by atoms with Gasteiger partial charge in [0.15, 0.2) is 0 Å². The first-order chi connectivity index (χ1) is 12.0. The molecule has 0 aliphatic carbocycles. The van der Waals surface area contributed by atoms with Crippen LogP contribution in [0.2, 0.25) is 0 Å². The van der Waals surface area contributed by atoms with Gasteiger partial charge in [-0.25, -0.2) is 0 Å². The molecule has 0 aliphatic rings. The van der Waals surface area contributed by atoms with E-state index < -0.39 is 24.1 Å². The molecule has 3 atom stereocenters. The van der Waals surface area contributed by atoms with Crippen molar-refractivity contribution in [3.05, 3.63) is 78.4 Å². The van der Waals surface area contributed by atoms with E-state index in [1.165, 1.54) is 11.6 Å². The summed E-state index contributed by atoms with van der Waals surface area (Å²) >= 11 is 0.